The Morgan fingerprint density at radius 1 is 1.50 bits per heavy atom. The molecule has 0 saturated carbocycles. The zero-order valence-electron chi connectivity index (χ0n) is 7.56. The molecule has 1 aliphatic rings. The fraction of sp³-hybridized carbons (Fsp3) is 0.400. The van der Waals surface area contributed by atoms with Gasteiger partial charge >= 0.3 is 0 Å². The summed E-state index contributed by atoms with van der Waals surface area (Å²) in [5.41, 5.74) is 0.499. The Hall–Kier alpha value is -0.0900. The maximum atomic E-state index is 9.91. The monoisotopic (exact) mass is 275 g/mol. The first-order valence-corrected chi connectivity index (χ1v) is 5.63. The summed E-state index contributed by atoms with van der Waals surface area (Å²) in [5, 5.41) is 13.7. The third kappa shape index (κ3) is 2.11. The fourth-order valence-electron chi connectivity index (χ4n) is 1.57. The molecule has 4 heteroatoms. The van der Waals surface area contributed by atoms with E-state index in [1.54, 1.807) is 0 Å². The van der Waals surface area contributed by atoms with E-state index in [1.165, 1.54) is 0 Å². The van der Waals surface area contributed by atoms with Crippen molar-refractivity contribution >= 4 is 27.5 Å². The molecular formula is C10H11BrClNO. The number of hydrogen-bond acceptors (Lipinski definition) is 2. The van der Waals surface area contributed by atoms with Gasteiger partial charge in [-0.2, -0.15) is 0 Å². The zero-order valence-corrected chi connectivity index (χ0v) is 9.90. The number of rotatable bonds is 2. The molecule has 1 saturated heterocycles. The molecule has 1 aromatic rings. The first kappa shape index (κ1) is 10.4. The van der Waals surface area contributed by atoms with Gasteiger partial charge in [0, 0.05) is 24.0 Å². The number of halogens is 2. The van der Waals surface area contributed by atoms with Crippen molar-refractivity contribution in [1.82, 2.24) is 5.32 Å². The van der Waals surface area contributed by atoms with E-state index in [4.69, 9.17) is 11.6 Å². The molecule has 0 amide bonds. The number of hydrogen-bond donors (Lipinski definition) is 2. The maximum absolute atomic E-state index is 9.91. The third-order valence-corrected chi connectivity index (χ3v) is 3.66. The summed E-state index contributed by atoms with van der Waals surface area (Å²) >= 11 is 9.29. The van der Waals surface area contributed by atoms with Gasteiger partial charge in [0.1, 0.15) is 0 Å². The summed E-state index contributed by atoms with van der Waals surface area (Å²) < 4.78 is 0.890. The smallest absolute Gasteiger partial charge is 0.0935 e. The summed E-state index contributed by atoms with van der Waals surface area (Å²) in [4.78, 5) is 0. The Labute approximate surface area is 96.4 Å². The summed E-state index contributed by atoms with van der Waals surface area (Å²) in [7, 11) is 0. The average molecular weight is 277 g/mol. The lowest BCUT2D eigenvalue weighted by atomic mass is 9.89. The van der Waals surface area contributed by atoms with Crippen LogP contribution < -0.4 is 5.32 Å². The van der Waals surface area contributed by atoms with Crippen LogP contribution in [0.25, 0.3) is 0 Å². The van der Waals surface area contributed by atoms with E-state index < -0.39 is 5.60 Å². The van der Waals surface area contributed by atoms with Crippen LogP contribution in [0.3, 0.4) is 0 Å². The van der Waals surface area contributed by atoms with Crippen LogP contribution in [0, 0.1) is 0 Å². The van der Waals surface area contributed by atoms with Crippen molar-refractivity contribution in [2.45, 2.75) is 12.0 Å². The van der Waals surface area contributed by atoms with Gasteiger partial charge in [-0.15, -0.1) is 0 Å². The van der Waals surface area contributed by atoms with Gasteiger partial charge in [0.2, 0.25) is 0 Å². The topological polar surface area (TPSA) is 32.3 Å². The third-order valence-electron chi connectivity index (χ3n) is 2.43. The van der Waals surface area contributed by atoms with Crippen LogP contribution in [0.5, 0.6) is 0 Å². The highest BCUT2D eigenvalue weighted by atomic mass is 79.9. The Kier molecular flexibility index (Phi) is 2.84. The zero-order chi connectivity index (χ0) is 10.2. The highest BCUT2D eigenvalue weighted by Gasteiger charge is 2.34. The van der Waals surface area contributed by atoms with Crippen LogP contribution in [0.15, 0.2) is 22.7 Å². The van der Waals surface area contributed by atoms with Gasteiger partial charge in [-0.25, -0.2) is 0 Å². The van der Waals surface area contributed by atoms with Crippen LogP contribution in [-0.4, -0.2) is 23.8 Å². The lowest BCUT2D eigenvalue weighted by Crippen LogP contribution is -2.60. The molecular weight excluding hydrogens is 265 g/mol. The standard InChI is InChI=1S/C10H11BrClNO/c11-8-2-1-7(3-9(8)12)4-10(14)5-13-6-10/h1-3,13-14H,4-6H2. The van der Waals surface area contributed by atoms with Crippen molar-refractivity contribution in [1.29, 1.82) is 0 Å². The van der Waals surface area contributed by atoms with Crippen molar-refractivity contribution in [3.8, 4) is 0 Å². The molecule has 2 nitrogen and oxygen atoms in total. The molecule has 1 aromatic carbocycles. The molecule has 0 unspecified atom stereocenters. The normalized spacial score (nSPS) is 19.1. The van der Waals surface area contributed by atoms with E-state index in [2.05, 4.69) is 21.2 Å². The first-order chi connectivity index (χ1) is 6.59. The van der Waals surface area contributed by atoms with Gasteiger partial charge in [-0.1, -0.05) is 17.7 Å². The van der Waals surface area contributed by atoms with Crippen LogP contribution in [-0.2, 0) is 6.42 Å². The molecule has 14 heavy (non-hydrogen) atoms. The molecule has 2 rings (SSSR count). The van der Waals surface area contributed by atoms with Gasteiger partial charge < -0.3 is 10.4 Å². The van der Waals surface area contributed by atoms with Gasteiger partial charge in [-0.3, -0.25) is 0 Å². The van der Waals surface area contributed by atoms with Gasteiger partial charge in [0.15, 0.2) is 0 Å². The quantitative estimate of drug-likeness (QED) is 0.866. The van der Waals surface area contributed by atoms with Gasteiger partial charge in [-0.05, 0) is 33.6 Å². The molecule has 1 fully saturated rings. The van der Waals surface area contributed by atoms with Crippen molar-refractivity contribution in [3.05, 3.63) is 33.3 Å². The summed E-state index contributed by atoms with van der Waals surface area (Å²) in [6.07, 6.45) is 0.660. The lowest BCUT2D eigenvalue weighted by Gasteiger charge is -2.37. The number of aliphatic hydroxyl groups is 1. The molecule has 0 aliphatic carbocycles. The van der Waals surface area contributed by atoms with Crippen molar-refractivity contribution in [2.24, 2.45) is 0 Å². The highest BCUT2D eigenvalue weighted by molar-refractivity contribution is 9.10. The number of benzene rings is 1. The minimum absolute atomic E-state index is 0.572. The second kappa shape index (κ2) is 3.81. The molecule has 0 bridgehead atoms. The lowest BCUT2D eigenvalue weighted by molar-refractivity contribution is -0.00901. The van der Waals surface area contributed by atoms with E-state index in [-0.39, 0.29) is 0 Å². The predicted molar refractivity (Wildman–Crippen MR) is 60.7 cm³/mol. The first-order valence-electron chi connectivity index (χ1n) is 4.46. The molecule has 0 radical (unpaired) electrons. The van der Waals surface area contributed by atoms with Crippen LogP contribution >= 0.6 is 27.5 Å². The van der Waals surface area contributed by atoms with E-state index >= 15 is 0 Å². The van der Waals surface area contributed by atoms with E-state index in [0.717, 1.165) is 10.0 Å². The van der Waals surface area contributed by atoms with Crippen molar-refractivity contribution < 1.29 is 5.11 Å². The summed E-state index contributed by atoms with van der Waals surface area (Å²) in [6.45, 7) is 1.33. The second-order valence-corrected chi connectivity index (χ2v) is 5.01. The van der Waals surface area contributed by atoms with Gasteiger partial charge in [0.05, 0.1) is 10.6 Å². The van der Waals surface area contributed by atoms with Crippen LogP contribution in [0.2, 0.25) is 5.02 Å². The predicted octanol–water partition coefficient (Wildman–Crippen LogP) is 1.98. The maximum Gasteiger partial charge on any atom is 0.0935 e. The summed E-state index contributed by atoms with van der Waals surface area (Å²) in [5.74, 6) is 0. The molecule has 0 aromatic heterocycles. The van der Waals surface area contributed by atoms with Crippen molar-refractivity contribution in [3.63, 3.8) is 0 Å². The molecule has 2 N–H and O–H groups in total. The number of β-amino-alcohol motifs (C(OH)–C–C–N with tert-alkyl or cyclic N) is 1. The minimum atomic E-state index is -0.572. The second-order valence-electron chi connectivity index (χ2n) is 3.75. The minimum Gasteiger partial charge on any atom is -0.387 e. The average Bonchev–Trinajstić information content (AvgIpc) is 2.09. The van der Waals surface area contributed by atoms with Gasteiger partial charge in [0.25, 0.3) is 0 Å². The van der Waals surface area contributed by atoms with Crippen LogP contribution in [0.4, 0.5) is 0 Å². The van der Waals surface area contributed by atoms with E-state index in [1.807, 2.05) is 18.2 Å². The number of nitrogens with one attached hydrogen (secondary N) is 1. The summed E-state index contributed by atoms with van der Waals surface area (Å²) in [6, 6.07) is 5.78. The van der Waals surface area contributed by atoms with Crippen LogP contribution in [0.1, 0.15) is 5.56 Å². The highest BCUT2D eigenvalue weighted by Crippen LogP contribution is 2.26. The molecule has 0 spiro atoms. The molecule has 1 heterocycles. The molecule has 76 valence electrons. The Balaban J connectivity index is 2.13. The Morgan fingerprint density at radius 2 is 2.21 bits per heavy atom. The largest absolute Gasteiger partial charge is 0.387 e. The Bertz CT molecular complexity index is 352. The van der Waals surface area contributed by atoms with E-state index in [0.29, 0.717) is 24.5 Å². The fourth-order valence-corrected chi connectivity index (χ4v) is 2.02. The van der Waals surface area contributed by atoms with E-state index in [9.17, 15) is 5.11 Å². The SMILES string of the molecule is OC1(Cc2ccc(Br)c(Cl)c2)CNC1. The molecule has 0 atom stereocenters. The molecule has 1 aliphatic heterocycles. The Morgan fingerprint density at radius 3 is 2.71 bits per heavy atom. The van der Waals surface area contributed by atoms with Crippen molar-refractivity contribution in [2.75, 3.05) is 13.1 Å².